The third-order valence-corrected chi connectivity index (χ3v) is 2.13. The molecule has 1 saturated heterocycles. The topological polar surface area (TPSA) is 66.4 Å². The summed E-state index contributed by atoms with van der Waals surface area (Å²) in [6.07, 6.45) is 1.16. The zero-order valence-electron chi connectivity index (χ0n) is 7.26. The summed E-state index contributed by atoms with van der Waals surface area (Å²) in [4.78, 5) is 21.7. The van der Waals surface area contributed by atoms with E-state index >= 15 is 0 Å². The minimum Gasteiger partial charge on any atom is -0.481 e. The molecule has 0 bridgehead atoms. The van der Waals surface area contributed by atoms with E-state index in [0.717, 1.165) is 6.42 Å². The fourth-order valence-electron chi connectivity index (χ4n) is 1.36. The van der Waals surface area contributed by atoms with Crippen LogP contribution in [-0.4, -0.2) is 22.5 Å². The van der Waals surface area contributed by atoms with Gasteiger partial charge >= 0.3 is 5.97 Å². The van der Waals surface area contributed by atoms with Crippen molar-refractivity contribution >= 4 is 11.9 Å². The molecule has 1 aliphatic heterocycles. The van der Waals surface area contributed by atoms with Crippen molar-refractivity contribution in [1.82, 2.24) is 5.32 Å². The van der Waals surface area contributed by atoms with Gasteiger partial charge in [-0.3, -0.25) is 9.59 Å². The van der Waals surface area contributed by atoms with Gasteiger partial charge in [-0.25, -0.2) is 0 Å². The monoisotopic (exact) mass is 171 g/mol. The molecule has 0 aromatic rings. The van der Waals surface area contributed by atoms with Crippen molar-refractivity contribution in [3.8, 4) is 0 Å². The zero-order valence-corrected chi connectivity index (χ0v) is 7.26. The van der Waals surface area contributed by atoms with Gasteiger partial charge in [0, 0.05) is 5.54 Å². The van der Waals surface area contributed by atoms with Gasteiger partial charge in [-0.1, -0.05) is 0 Å². The molecule has 0 radical (unpaired) electrons. The number of carbonyl (C=O) groups is 2. The number of amides is 1. The molecular formula is C8H13NO3. The molecule has 1 rings (SSSR count). The van der Waals surface area contributed by atoms with E-state index in [1.807, 2.05) is 13.8 Å². The summed E-state index contributed by atoms with van der Waals surface area (Å²) in [5, 5.41) is 11.3. The van der Waals surface area contributed by atoms with Crippen molar-refractivity contribution in [2.45, 2.75) is 32.2 Å². The lowest BCUT2D eigenvalue weighted by atomic mass is 9.86. The third-order valence-electron chi connectivity index (χ3n) is 2.13. The lowest BCUT2D eigenvalue weighted by Crippen LogP contribution is -2.52. The van der Waals surface area contributed by atoms with Crippen molar-refractivity contribution in [2.75, 3.05) is 0 Å². The van der Waals surface area contributed by atoms with Crippen LogP contribution in [0.3, 0.4) is 0 Å². The molecule has 2 N–H and O–H groups in total. The van der Waals surface area contributed by atoms with Crippen molar-refractivity contribution in [3.05, 3.63) is 0 Å². The fourth-order valence-corrected chi connectivity index (χ4v) is 1.36. The van der Waals surface area contributed by atoms with E-state index in [9.17, 15) is 9.59 Å². The zero-order chi connectivity index (χ0) is 9.35. The normalized spacial score (nSPS) is 27.8. The van der Waals surface area contributed by atoms with Gasteiger partial charge in [0.15, 0.2) is 0 Å². The average Bonchev–Trinajstić information content (AvgIpc) is 1.83. The van der Waals surface area contributed by atoms with Crippen LogP contribution < -0.4 is 5.32 Å². The van der Waals surface area contributed by atoms with Gasteiger partial charge in [-0.15, -0.1) is 0 Å². The molecule has 1 unspecified atom stereocenters. The average molecular weight is 171 g/mol. The van der Waals surface area contributed by atoms with Crippen molar-refractivity contribution < 1.29 is 14.7 Å². The first-order valence-corrected chi connectivity index (χ1v) is 3.97. The van der Waals surface area contributed by atoms with Gasteiger partial charge < -0.3 is 10.4 Å². The summed E-state index contributed by atoms with van der Waals surface area (Å²) in [5.74, 6) is -2.24. The molecule has 1 fully saturated rings. The van der Waals surface area contributed by atoms with E-state index in [1.165, 1.54) is 0 Å². The molecule has 12 heavy (non-hydrogen) atoms. The number of nitrogens with one attached hydrogen (secondary N) is 1. The fraction of sp³-hybridized carbons (Fsp3) is 0.750. The maximum absolute atomic E-state index is 11.2. The summed E-state index contributed by atoms with van der Waals surface area (Å²) in [7, 11) is 0. The molecule has 0 aliphatic carbocycles. The summed E-state index contributed by atoms with van der Waals surface area (Å²) in [6.45, 7) is 3.78. The molecule has 1 atom stereocenters. The molecule has 68 valence electrons. The summed E-state index contributed by atoms with van der Waals surface area (Å²) < 4.78 is 0. The summed E-state index contributed by atoms with van der Waals surface area (Å²) >= 11 is 0. The lowest BCUT2D eigenvalue weighted by molar-refractivity contribution is -0.149. The van der Waals surface area contributed by atoms with Crippen LogP contribution in [0.25, 0.3) is 0 Å². The van der Waals surface area contributed by atoms with E-state index < -0.39 is 11.9 Å². The molecule has 1 aliphatic rings. The Morgan fingerprint density at radius 1 is 1.67 bits per heavy atom. The van der Waals surface area contributed by atoms with E-state index in [1.54, 1.807) is 0 Å². The molecule has 4 heteroatoms. The van der Waals surface area contributed by atoms with Crippen LogP contribution in [0, 0.1) is 5.92 Å². The molecule has 0 saturated carbocycles. The third kappa shape index (κ3) is 1.75. The van der Waals surface area contributed by atoms with E-state index in [0.29, 0.717) is 6.42 Å². The van der Waals surface area contributed by atoms with Crippen molar-refractivity contribution in [1.29, 1.82) is 0 Å². The number of hydrogen-bond acceptors (Lipinski definition) is 2. The molecule has 0 aromatic heterocycles. The van der Waals surface area contributed by atoms with Crippen LogP contribution in [0.2, 0.25) is 0 Å². The van der Waals surface area contributed by atoms with Crippen LogP contribution in [0.4, 0.5) is 0 Å². The van der Waals surface area contributed by atoms with Crippen LogP contribution in [0.15, 0.2) is 0 Å². The summed E-state index contributed by atoms with van der Waals surface area (Å²) in [5.41, 5.74) is -0.247. The van der Waals surface area contributed by atoms with Crippen LogP contribution in [-0.2, 0) is 9.59 Å². The van der Waals surface area contributed by atoms with Crippen molar-refractivity contribution in [3.63, 3.8) is 0 Å². The Morgan fingerprint density at radius 3 is 2.67 bits per heavy atom. The predicted octanol–water partition coefficient (Wildman–Crippen LogP) is 0.376. The molecular weight excluding hydrogens is 158 g/mol. The highest BCUT2D eigenvalue weighted by molar-refractivity contribution is 5.97. The molecule has 4 nitrogen and oxygen atoms in total. The second-order valence-electron chi connectivity index (χ2n) is 3.80. The maximum Gasteiger partial charge on any atom is 0.316 e. The molecule has 1 amide bonds. The first-order chi connectivity index (χ1) is 5.42. The second-order valence-corrected chi connectivity index (χ2v) is 3.80. The molecule has 0 spiro atoms. The van der Waals surface area contributed by atoms with Gasteiger partial charge in [-0.2, -0.15) is 0 Å². The van der Waals surface area contributed by atoms with Crippen molar-refractivity contribution in [2.24, 2.45) is 5.92 Å². The van der Waals surface area contributed by atoms with Gasteiger partial charge in [0.05, 0.1) is 0 Å². The highest BCUT2D eigenvalue weighted by atomic mass is 16.4. The van der Waals surface area contributed by atoms with E-state index in [2.05, 4.69) is 5.32 Å². The van der Waals surface area contributed by atoms with Gasteiger partial charge in [0.25, 0.3) is 0 Å². The van der Waals surface area contributed by atoms with E-state index in [4.69, 9.17) is 5.11 Å². The van der Waals surface area contributed by atoms with E-state index in [-0.39, 0.29) is 11.4 Å². The Kier molecular flexibility index (Phi) is 2.08. The Labute approximate surface area is 71.0 Å². The quantitative estimate of drug-likeness (QED) is 0.560. The lowest BCUT2D eigenvalue weighted by Gasteiger charge is -2.33. The van der Waals surface area contributed by atoms with Crippen LogP contribution in [0.5, 0.6) is 0 Å². The summed E-state index contributed by atoms with van der Waals surface area (Å²) in [6, 6.07) is 0. The largest absolute Gasteiger partial charge is 0.481 e. The predicted molar refractivity (Wildman–Crippen MR) is 42.6 cm³/mol. The number of carbonyl (C=O) groups excluding carboxylic acids is 1. The number of carboxylic acid groups (broad SMARTS) is 1. The minimum absolute atomic E-state index is 0.247. The van der Waals surface area contributed by atoms with Gasteiger partial charge in [0.2, 0.25) is 5.91 Å². The number of aliphatic carboxylic acids is 1. The highest BCUT2D eigenvalue weighted by Gasteiger charge is 2.36. The number of carboxylic acids is 1. The van der Waals surface area contributed by atoms with Gasteiger partial charge in [-0.05, 0) is 26.7 Å². The standard InChI is InChI=1S/C8H13NO3/c1-8(2)4-3-5(7(11)12)6(10)9-8/h5H,3-4H2,1-2H3,(H,9,10)(H,11,12). The molecule has 1 heterocycles. The van der Waals surface area contributed by atoms with Crippen LogP contribution in [0.1, 0.15) is 26.7 Å². The minimum atomic E-state index is -1.02. The Balaban J connectivity index is 2.66. The maximum atomic E-state index is 11.2. The smallest absolute Gasteiger partial charge is 0.316 e. The Bertz CT molecular complexity index is 222. The molecule has 0 aromatic carbocycles. The number of hydrogen-bond donors (Lipinski definition) is 2. The second kappa shape index (κ2) is 2.77. The number of rotatable bonds is 1. The Morgan fingerprint density at radius 2 is 2.25 bits per heavy atom. The highest BCUT2D eigenvalue weighted by Crippen LogP contribution is 2.22. The number of piperidine rings is 1. The Hall–Kier alpha value is -1.06. The van der Waals surface area contributed by atoms with Gasteiger partial charge in [0.1, 0.15) is 5.92 Å². The first kappa shape index (κ1) is 9.03. The first-order valence-electron chi connectivity index (χ1n) is 3.97. The van der Waals surface area contributed by atoms with Crippen LogP contribution >= 0.6 is 0 Å². The SMILES string of the molecule is CC1(C)CCC(C(=O)O)C(=O)N1.